The van der Waals surface area contributed by atoms with Crippen LogP contribution in [0.5, 0.6) is 5.88 Å². The summed E-state index contributed by atoms with van der Waals surface area (Å²) in [4.78, 5) is 10.9. The molecule has 0 fully saturated rings. The third kappa shape index (κ3) is 3.85. The Kier molecular flexibility index (Phi) is 5.38. The van der Waals surface area contributed by atoms with Gasteiger partial charge in [-0.05, 0) is 34.0 Å². The molecule has 6 heteroatoms. The number of hydrogen-bond acceptors (Lipinski definition) is 5. The van der Waals surface area contributed by atoms with Crippen molar-refractivity contribution in [3.63, 3.8) is 0 Å². The van der Waals surface area contributed by atoms with Crippen molar-refractivity contribution in [3.8, 4) is 5.88 Å². The van der Waals surface area contributed by atoms with Gasteiger partial charge in [-0.2, -0.15) is 4.98 Å². The summed E-state index contributed by atoms with van der Waals surface area (Å²) in [6, 6.07) is 7.84. The van der Waals surface area contributed by atoms with Crippen LogP contribution in [0.1, 0.15) is 18.9 Å². The van der Waals surface area contributed by atoms with Crippen molar-refractivity contribution in [2.75, 3.05) is 24.3 Å². The summed E-state index contributed by atoms with van der Waals surface area (Å²) in [6.07, 6.45) is 2.70. The second-order valence-electron chi connectivity index (χ2n) is 4.65. The van der Waals surface area contributed by atoms with Crippen molar-refractivity contribution in [2.45, 2.75) is 19.9 Å². The van der Waals surface area contributed by atoms with Gasteiger partial charge in [0, 0.05) is 18.8 Å². The zero-order chi connectivity index (χ0) is 15.2. The third-order valence-corrected chi connectivity index (χ3v) is 3.63. The molecular weight excluding hydrogens is 332 g/mol. The molecule has 0 unspecified atom stereocenters. The SMILES string of the molecule is CCCN(Cc1ccccc1N)c1ncc(Br)c(OC)n1. The van der Waals surface area contributed by atoms with E-state index in [2.05, 4.69) is 37.7 Å². The number of nitrogens with two attached hydrogens (primary N) is 1. The first-order valence-electron chi connectivity index (χ1n) is 6.80. The average molecular weight is 351 g/mol. The summed E-state index contributed by atoms with van der Waals surface area (Å²) in [6.45, 7) is 3.64. The highest BCUT2D eigenvalue weighted by molar-refractivity contribution is 9.10. The monoisotopic (exact) mass is 350 g/mol. The predicted octanol–water partition coefficient (Wildman–Crippen LogP) is 3.25. The molecule has 0 radical (unpaired) electrons. The molecule has 2 aromatic rings. The maximum absolute atomic E-state index is 6.02. The van der Waals surface area contributed by atoms with Gasteiger partial charge in [0.15, 0.2) is 0 Å². The van der Waals surface area contributed by atoms with Crippen molar-refractivity contribution in [1.82, 2.24) is 9.97 Å². The van der Waals surface area contributed by atoms with E-state index in [0.29, 0.717) is 18.4 Å². The standard InChI is InChI=1S/C15H19BrN4O/c1-3-8-20(10-11-6-4-5-7-13(11)17)15-18-9-12(16)14(19-15)21-2/h4-7,9H,3,8,10,17H2,1-2H3. The fraction of sp³-hybridized carbons (Fsp3) is 0.333. The number of methoxy groups -OCH3 is 1. The third-order valence-electron chi connectivity index (χ3n) is 3.09. The van der Waals surface area contributed by atoms with Crippen LogP contribution < -0.4 is 15.4 Å². The number of nitrogen functional groups attached to an aromatic ring is 1. The van der Waals surface area contributed by atoms with Crippen LogP contribution in [0, 0.1) is 0 Å². The van der Waals surface area contributed by atoms with Crippen molar-refractivity contribution in [1.29, 1.82) is 0 Å². The molecule has 0 aliphatic heterocycles. The lowest BCUT2D eigenvalue weighted by molar-refractivity contribution is 0.393. The Morgan fingerprint density at radius 2 is 2.10 bits per heavy atom. The Morgan fingerprint density at radius 1 is 1.33 bits per heavy atom. The summed E-state index contributed by atoms with van der Waals surface area (Å²) < 4.78 is 5.98. The highest BCUT2D eigenvalue weighted by Gasteiger charge is 2.13. The number of hydrogen-bond donors (Lipinski definition) is 1. The first-order valence-corrected chi connectivity index (χ1v) is 7.59. The van der Waals surface area contributed by atoms with E-state index in [0.717, 1.165) is 28.7 Å². The number of benzene rings is 1. The van der Waals surface area contributed by atoms with E-state index in [1.807, 2.05) is 24.3 Å². The molecule has 1 aromatic carbocycles. The van der Waals surface area contributed by atoms with Gasteiger partial charge < -0.3 is 15.4 Å². The van der Waals surface area contributed by atoms with Crippen LogP contribution >= 0.6 is 15.9 Å². The molecule has 112 valence electrons. The van der Waals surface area contributed by atoms with E-state index in [1.165, 1.54) is 0 Å². The molecule has 0 aliphatic carbocycles. The van der Waals surface area contributed by atoms with Crippen molar-refractivity contribution in [2.24, 2.45) is 0 Å². The van der Waals surface area contributed by atoms with E-state index in [-0.39, 0.29) is 0 Å². The topological polar surface area (TPSA) is 64.3 Å². The Balaban J connectivity index is 2.28. The molecule has 2 rings (SSSR count). The maximum Gasteiger partial charge on any atom is 0.232 e. The zero-order valence-electron chi connectivity index (χ0n) is 12.2. The summed E-state index contributed by atoms with van der Waals surface area (Å²) in [5.41, 5.74) is 7.87. The molecule has 5 nitrogen and oxygen atoms in total. The maximum atomic E-state index is 6.02. The number of ether oxygens (including phenoxy) is 1. The molecule has 0 atom stereocenters. The van der Waals surface area contributed by atoms with E-state index in [4.69, 9.17) is 10.5 Å². The van der Waals surface area contributed by atoms with Gasteiger partial charge in [-0.1, -0.05) is 25.1 Å². The Bertz CT molecular complexity index is 606. The fourth-order valence-corrected chi connectivity index (χ4v) is 2.39. The molecule has 0 spiro atoms. The summed E-state index contributed by atoms with van der Waals surface area (Å²) in [5, 5.41) is 0. The Hall–Kier alpha value is -1.82. The Labute approximate surface area is 133 Å². The highest BCUT2D eigenvalue weighted by Crippen LogP contribution is 2.25. The van der Waals surface area contributed by atoms with Gasteiger partial charge in [0.25, 0.3) is 0 Å². The van der Waals surface area contributed by atoms with Crippen LogP contribution in [0.15, 0.2) is 34.9 Å². The minimum absolute atomic E-state index is 0.530. The van der Waals surface area contributed by atoms with Crippen molar-refractivity contribution in [3.05, 3.63) is 40.5 Å². The quantitative estimate of drug-likeness (QED) is 0.810. The van der Waals surface area contributed by atoms with Crippen LogP contribution in [0.25, 0.3) is 0 Å². The summed E-state index contributed by atoms with van der Waals surface area (Å²) >= 11 is 3.37. The predicted molar refractivity (Wildman–Crippen MR) is 88.5 cm³/mol. The second-order valence-corrected chi connectivity index (χ2v) is 5.50. The van der Waals surface area contributed by atoms with Crippen LogP contribution in [0.4, 0.5) is 11.6 Å². The van der Waals surface area contributed by atoms with Gasteiger partial charge in [-0.15, -0.1) is 0 Å². The number of aromatic nitrogens is 2. The molecule has 1 aromatic heterocycles. The number of halogens is 1. The molecule has 21 heavy (non-hydrogen) atoms. The lowest BCUT2D eigenvalue weighted by Crippen LogP contribution is -2.26. The lowest BCUT2D eigenvalue weighted by Gasteiger charge is -2.23. The van der Waals surface area contributed by atoms with Crippen LogP contribution in [-0.2, 0) is 6.54 Å². The van der Waals surface area contributed by atoms with Gasteiger partial charge in [0.2, 0.25) is 11.8 Å². The fourth-order valence-electron chi connectivity index (χ4n) is 2.04. The van der Waals surface area contributed by atoms with Gasteiger partial charge in [-0.25, -0.2) is 4.98 Å². The van der Waals surface area contributed by atoms with Crippen molar-refractivity contribution >= 4 is 27.6 Å². The Morgan fingerprint density at radius 3 is 2.76 bits per heavy atom. The second kappa shape index (κ2) is 7.26. The lowest BCUT2D eigenvalue weighted by atomic mass is 10.1. The number of para-hydroxylation sites is 1. The highest BCUT2D eigenvalue weighted by atomic mass is 79.9. The molecule has 2 N–H and O–H groups in total. The first kappa shape index (κ1) is 15.6. The summed E-state index contributed by atoms with van der Waals surface area (Å²) in [7, 11) is 1.59. The number of anilines is 2. The van der Waals surface area contributed by atoms with E-state index < -0.39 is 0 Å². The minimum atomic E-state index is 0.530. The molecule has 0 amide bonds. The van der Waals surface area contributed by atoms with Gasteiger partial charge in [0.1, 0.15) is 0 Å². The van der Waals surface area contributed by atoms with Crippen LogP contribution in [0.2, 0.25) is 0 Å². The van der Waals surface area contributed by atoms with Gasteiger partial charge in [0.05, 0.1) is 17.8 Å². The minimum Gasteiger partial charge on any atom is -0.480 e. The molecule has 0 saturated heterocycles. The van der Waals surface area contributed by atoms with Gasteiger partial charge in [-0.3, -0.25) is 0 Å². The average Bonchev–Trinajstić information content (AvgIpc) is 2.49. The molecule has 0 aliphatic rings. The summed E-state index contributed by atoms with van der Waals surface area (Å²) in [5.74, 6) is 1.17. The van der Waals surface area contributed by atoms with E-state index in [9.17, 15) is 0 Å². The van der Waals surface area contributed by atoms with Crippen LogP contribution in [0.3, 0.4) is 0 Å². The molecule has 1 heterocycles. The zero-order valence-corrected chi connectivity index (χ0v) is 13.8. The van der Waals surface area contributed by atoms with Crippen molar-refractivity contribution < 1.29 is 4.74 Å². The molecule has 0 saturated carbocycles. The van der Waals surface area contributed by atoms with Gasteiger partial charge >= 0.3 is 0 Å². The van der Waals surface area contributed by atoms with E-state index in [1.54, 1.807) is 13.3 Å². The van der Waals surface area contributed by atoms with E-state index >= 15 is 0 Å². The largest absolute Gasteiger partial charge is 0.480 e. The number of rotatable bonds is 6. The molecular formula is C15H19BrN4O. The number of nitrogens with zero attached hydrogens (tertiary/aromatic N) is 3. The molecule has 0 bridgehead atoms. The first-order chi connectivity index (χ1) is 10.2. The normalized spacial score (nSPS) is 10.4. The smallest absolute Gasteiger partial charge is 0.232 e. The van der Waals surface area contributed by atoms with Crippen LogP contribution in [-0.4, -0.2) is 23.6 Å².